The van der Waals surface area contributed by atoms with Gasteiger partial charge in [-0.15, -0.1) is 0 Å². The van der Waals surface area contributed by atoms with E-state index in [9.17, 15) is 14.7 Å². The molecule has 0 amide bonds. The maximum absolute atomic E-state index is 12.2. The van der Waals surface area contributed by atoms with Crippen LogP contribution in [0.2, 0.25) is 0 Å². The Morgan fingerprint density at radius 1 is 0.400 bits per heavy atom. The van der Waals surface area contributed by atoms with Gasteiger partial charge in [-0.3, -0.25) is 9.59 Å². The van der Waals surface area contributed by atoms with Crippen LogP contribution in [0.1, 0.15) is 258 Å². The van der Waals surface area contributed by atoms with Gasteiger partial charge in [-0.05, 0) is 77.0 Å². The lowest BCUT2D eigenvalue weighted by Gasteiger charge is -2.15. The molecule has 0 aliphatic rings. The van der Waals surface area contributed by atoms with Gasteiger partial charge in [-0.25, -0.2) is 0 Å². The molecule has 0 aromatic rings. The summed E-state index contributed by atoms with van der Waals surface area (Å²) in [6.07, 6.45) is 67.7. The first-order valence-corrected chi connectivity index (χ1v) is 25.8. The molecule has 60 heavy (non-hydrogen) atoms. The minimum absolute atomic E-state index is 0.0823. The molecule has 5 nitrogen and oxygen atoms in total. The zero-order chi connectivity index (χ0) is 43.5. The summed E-state index contributed by atoms with van der Waals surface area (Å²) < 4.78 is 10.6. The van der Waals surface area contributed by atoms with Crippen LogP contribution < -0.4 is 0 Å². The summed E-state index contributed by atoms with van der Waals surface area (Å²) in [5.74, 6) is -0.633. The summed E-state index contributed by atoms with van der Waals surface area (Å²) in [5.41, 5.74) is 0. The quantitative estimate of drug-likeness (QED) is 0.0375. The Labute approximate surface area is 372 Å². The van der Waals surface area contributed by atoms with Crippen LogP contribution in [-0.2, 0) is 19.1 Å². The SMILES string of the molecule is CC/C=C\C/C=C\C/C=C\C/C=C\CCCCC(=O)OC(CO)COC(=O)CCCCCCCCCCCCCCCCCCCCC/C=C\CCCCCCCCCC. The molecule has 0 rings (SSSR count). The smallest absolute Gasteiger partial charge is 0.306 e. The standard InChI is InChI=1S/C55H98O5/c1-3-5-7-9-11-13-15-17-19-20-21-22-23-24-25-26-27-28-29-30-31-32-33-34-36-37-39-41-43-45-47-49-54(57)59-52-53(51-56)60-55(58)50-48-46-44-42-40-38-35-18-16-14-12-10-8-6-4-2/h6,8,12,14,18,20-21,35,40,42,53,56H,3-5,7,9-11,13,15-17,19,22-34,36-39,41,43-52H2,1-2H3/b8-6-,14-12-,21-20-,35-18-,42-40-. The highest BCUT2D eigenvalue weighted by atomic mass is 16.6. The minimum Gasteiger partial charge on any atom is -0.462 e. The van der Waals surface area contributed by atoms with Gasteiger partial charge >= 0.3 is 11.9 Å². The van der Waals surface area contributed by atoms with Crippen LogP contribution in [0.3, 0.4) is 0 Å². The average molecular weight is 839 g/mol. The van der Waals surface area contributed by atoms with Crippen molar-refractivity contribution >= 4 is 11.9 Å². The van der Waals surface area contributed by atoms with Gasteiger partial charge in [-0.2, -0.15) is 0 Å². The Kier molecular flexibility index (Phi) is 48.9. The first kappa shape index (κ1) is 57.6. The third-order valence-corrected chi connectivity index (χ3v) is 11.3. The number of carbonyl (C=O) groups is 2. The molecule has 0 aliphatic carbocycles. The van der Waals surface area contributed by atoms with Crippen LogP contribution in [0.25, 0.3) is 0 Å². The van der Waals surface area contributed by atoms with Gasteiger partial charge in [-0.1, -0.05) is 229 Å². The number of rotatable bonds is 47. The first-order valence-electron chi connectivity index (χ1n) is 25.8. The fourth-order valence-electron chi connectivity index (χ4n) is 7.42. The summed E-state index contributed by atoms with van der Waals surface area (Å²) in [4.78, 5) is 24.4. The second kappa shape index (κ2) is 51.0. The fourth-order valence-corrected chi connectivity index (χ4v) is 7.42. The molecular formula is C55H98O5. The lowest BCUT2D eigenvalue weighted by Crippen LogP contribution is -2.28. The molecule has 1 unspecified atom stereocenters. The van der Waals surface area contributed by atoms with Crippen molar-refractivity contribution in [2.24, 2.45) is 0 Å². The van der Waals surface area contributed by atoms with Crippen LogP contribution in [0.15, 0.2) is 60.8 Å². The Hall–Kier alpha value is -2.40. The van der Waals surface area contributed by atoms with E-state index in [0.29, 0.717) is 12.8 Å². The molecule has 0 aromatic heterocycles. The largest absolute Gasteiger partial charge is 0.462 e. The van der Waals surface area contributed by atoms with Crippen molar-refractivity contribution in [2.75, 3.05) is 13.2 Å². The molecule has 0 radical (unpaired) electrons. The van der Waals surface area contributed by atoms with Crippen molar-refractivity contribution in [3.05, 3.63) is 60.8 Å². The monoisotopic (exact) mass is 839 g/mol. The highest BCUT2D eigenvalue weighted by Crippen LogP contribution is 2.16. The molecule has 1 N–H and O–H groups in total. The third kappa shape index (κ3) is 48.3. The van der Waals surface area contributed by atoms with Crippen molar-refractivity contribution in [1.82, 2.24) is 0 Å². The van der Waals surface area contributed by atoms with Crippen molar-refractivity contribution in [3.63, 3.8) is 0 Å². The van der Waals surface area contributed by atoms with Crippen molar-refractivity contribution < 1.29 is 24.2 Å². The number of allylic oxidation sites excluding steroid dienone is 10. The molecule has 0 bridgehead atoms. The lowest BCUT2D eigenvalue weighted by molar-refractivity contribution is -0.161. The van der Waals surface area contributed by atoms with Crippen LogP contribution >= 0.6 is 0 Å². The van der Waals surface area contributed by atoms with Gasteiger partial charge in [0.25, 0.3) is 0 Å². The van der Waals surface area contributed by atoms with E-state index in [0.717, 1.165) is 64.2 Å². The molecule has 0 spiro atoms. The van der Waals surface area contributed by atoms with Gasteiger partial charge in [0.05, 0.1) is 6.61 Å². The molecular weight excluding hydrogens is 741 g/mol. The molecule has 5 heteroatoms. The second-order valence-corrected chi connectivity index (χ2v) is 17.2. The topological polar surface area (TPSA) is 72.8 Å². The van der Waals surface area contributed by atoms with E-state index in [1.54, 1.807) is 0 Å². The summed E-state index contributed by atoms with van der Waals surface area (Å²) in [6.45, 7) is 4.01. The van der Waals surface area contributed by atoms with E-state index < -0.39 is 6.10 Å². The van der Waals surface area contributed by atoms with Crippen molar-refractivity contribution in [3.8, 4) is 0 Å². The predicted molar refractivity (Wildman–Crippen MR) is 260 cm³/mol. The van der Waals surface area contributed by atoms with Crippen molar-refractivity contribution in [1.29, 1.82) is 0 Å². The van der Waals surface area contributed by atoms with E-state index in [1.807, 2.05) is 0 Å². The van der Waals surface area contributed by atoms with Gasteiger partial charge in [0.2, 0.25) is 0 Å². The molecule has 0 aliphatic heterocycles. The zero-order valence-corrected chi connectivity index (χ0v) is 39.7. The van der Waals surface area contributed by atoms with Crippen LogP contribution in [0.4, 0.5) is 0 Å². The number of carbonyl (C=O) groups excluding carboxylic acids is 2. The Morgan fingerprint density at radius 2 is 0.717 bits per heavy atom. The van der Waals surface area contributed by atoms with E-state index in [1.165, 1.54) is 167 Å². The molecule has 1 atom stereocenters. The molecule has 0 saturated heterocycles. The van der Waals surface area contributed by atoms with Gasteiger partial charge in [0, 0.05) is 12.8 Å². The van der Waals surface area contributed by atoms with E-state index in [-0.39, 0.29) is 25.2 Å². The highest BCUT2D eigenvalue weighted by molar-refractivity contribution is 5.70. The lowest BCUT2D eigenvalue weighted by atomic mass is 10.0. The van der Waals surface area contributed by atoms with Gasteiger partial charge < -0.3 is 14.6 Å². The molecule has 0 heterocycles. The van der Waals surface area contributed by atoms with Crippen LogP contribution in [-0.4, -0.2) is 36.4 Å². The van der Waals surface area contributed by atoms with Crippen LogP contribution in [0, 0.1) is 0 Å². The number of aliphatic hydroxyl groups excluding tert-OH is 1. The predicted octanol–water partition coefficient (Wildman–Crippen LogP) is 17.1. The number of esters is 2. The number of unbranched alkanes of at least 4 members (excludes halogenated alkanes) is 29. The van der Waals surface area contributed by atoms with Gasteiger partial charge in [0.15, 0.2) is 6.10 Å². The van der Waals surface area contributed by atoms with Crippen LogP contribution in [0.5, 0.6) is 0 Å². The van der Waals surface area contributed by atoms with Crippen molar-refractivity contribution in [2.45, 2.75) is 264 Å². The molecule has 0 saturated carbocycles. The minimum atomic E-state index is -0.794. The number of ether oxygens (including phenoxy) is 2. The van der Waals surface area contributed by atoms with Gasteiger partial charge in [0.1, 0.15) is 6.61 Å². The third-order valence-electron chi connectivity index (χ3n) is 11.3. The summed E-state index contributed by atoms with van der Waals surface area (Å²) >= 11 is 0. The number of aliphatic hydroxyl groups is 1. The van der Waals surface area contributed by atoms with E-state index in [2.05, 4.69) is 74.6 Å². The fraction of sp³-hybridized carbons (Fsp3) is 0.782. The maximum atomic E-state index is 12.2. The molecule has 348 valence electrons. The Bertz CT molecular complexity index is 1040. The highest BCUT2D eigenvalue weighted by Gasteiger charge is 2.16. The molecule has 0 fully saturated rings. The first-order chi connectivity index (χ1) is 29.6. The molecule has 0 aromatic carbocycles. The van der Waals surface area contributed by atoms with E-state index in [4.69, 9.17) is 9.47 Å². The Balaban J connectivity index is 3.46. The normalized spacial score (nSPS) is 12.7. The summed E-state index contributed by atoms with van der Waals surface area (Å²) in [6, 6.07) is 0. The summed E-state index contributed by atoms with van der Waals surface area (Å²) in [5, 5.41) is 9.60. The second-order valence-electron chi connectivity index (χ2n) is 17.2. The maximum Gasteiger partial charge on any atom is 0.306 e. The average Bonchev–Trinajstić information content (AvgIpc) is 3.25. The number of hydrogen-bond donors (Lipinski definition) is 1. The van der Waals surface area contributed by atoms with E-state index >= 15 is 0 Å². The summed E-state index contributed by atoms with van der Waals surface area (Å²) in [7, 11) is 0. The Morgan fingerprint density at radius 3 is 1.13 bits per heavy atom. The zero-order valence-electron chi connectivity index (χ0n) is 39.7. The number of hydrogen-bond acceptors (Lipinski definition) is 5.